The van der Waals surface area contributed by atoms with Gasteiger partial charge in [-0.05, 0) is 0 Å². The van der Waals surface area contributed by atoms with E-state index in [0.717, 1.165) is 36.4 Å². The molecule has 284 valence electrons. The van der Waals surface area contributed by atoms with Gasteiger partial charge in [-0.3, -0.25) is 0 Å². The van der Waals surface area contributed by atoms with Crippen LogP contribution in [-0.4, -0.2) is 126 Å². The van der Waals surface area contributed by atoms with Crippen LogP contribution in [0.5, 0.6) is 0 Å². The average molecular weight is 974 g/mol. The van der Waals surface area contributed by atoms with Gasteiger partial charge in [-0.2, -0.15) is 0 Å². The van der Waals surface area contributed by atoms with E-state index in [1.54, 1.807) is 0 Å². The number of benzene rings is 2. The molecule has 25 heteroatoms. The summed E-state index contributed by atoms with van der Waals surface area (Å²) < 4.78 is 185. The van der Waals surface area contributed by atoms with Gasteiger partial charge < -0.3 is 0 Å². The Balaban J connectivity index is 3.34. The van der Waals surface area contributed by atoms with Crippen molar-refractivity contribution < 1.29 is 85.6 Å². The van der Waals surface area contributed by atoms with Crippen molar-refractivity contribution in [1.29, 1.82) is 0 Å². The Bertz CT molecular complexity index is 1430. The summed E-state index contributed by atoms with van der Waals surface area (Å²) in [5.41, 5.74) is -1.01. The monoisotopic (exact) mass is 976 g/mol. The third-order valence-corrected chi connectivity index (χ3v) is 29.3. The predicted octanol–water partition coefficient (Wildman–Crippen LogP) is 3.24. The summed E-state index contributed by atoms with van der Waals surface area (Å²) in [5.74, 6) is -14.0. The normalized spacial score (nSPS) is 13.2. The van der Waals surface area contributed by atoms with E-state index in [1.807, 2.05) is 0 Å². The van der Waals surface area contributed by atoms with Crippen molar-refractivity contribution in [2.45, 2.75) is 37.8 Å². The Hall–Kier alpha value is -3.04. The van der Waals surface area contributed by atoms with Crippen LogP contribution >= 0.6 is 0 Å². The van der Waals surface area contributed by atoms with Crippen LogP contribution < -0.4 is 7.16 Å². The van der Waals surface area contributed by atoms with Crippen molar-refractivity contribution in [3.63, 3.8) is 0 Å². The molecule has 2 rings (SSSR count). The number of halogens is 12. The first-order valence-electron chi connectivity index (χ1n) is 13.4. The number of carbonyl (C=O) groups is 4. The molecule has 0 bridgehead atoms. The first-order valence-corrected chi connectivity index (χ1v) is 23.3. The molecule has 0 spiro atoms. The number of carbonyl (C=O) groups excluding carboxylic acids is 4. The van der Waals surface area contributed by atoms with Crippen molar-refractivity contribution in [3.8, 4) is 0 Å². The van der Waals surface area contributed by atoms with Crippen LogP contribution in [-0.2, 0) is 46.0 Å². The Morgan fingerprint density at radius 1 is 0.490 bits per heavy atom. The van der Waals surface area contributed by atoms with Gasteiger partial charge in [0, 0.05) is 0 Å². The SMILES string of the molecule is CN(C)Cc1cccc[c]1[Sn]([O]C(=O)C(F)(F)F)([O]C(=O)C(F)(F)F)[O][Sn]([O]C(=O)C(F)(F)F)([O]C(=O)C(F)(F)F)[c]1ccccc1CN(C)C. The molecule has 0 fully saturated rings. The van der Waals surface area contributed by atoms with Crippen LogP contribution in [0.25, 0.3) is 0 Å². The first kappa shape index (κ1) is 44.1. The zero-order valence-corrected chi connectivity index (χ0v) is 31.8. The summed E-state index contributed by atoms with van der Waals surface area (Å²) in [6, 6.07) is 6.77. The van der Waals surface area contributed by atoms with Crippen molar-refractivity contribution in [1.82, 2.24) is 9.80 Å². The average Bonchev–Trinajstić information content (AvgIpc) is 2.94. The molecule has 0 aliphatic heterocycles. The fraction of sp³-hybridized carbons (Fsp3) is 0.385. The second kappa shape index (κ2) is 16.3. The van der Waals surface area contributed by atoms with Gasteiger partial charge in [0.1, 0.15) is 0 Å². The third kappa shape index (κ3) is 12.0. The summed E-state index contributed by atoms with van der Waals surface area (Å²) in [7, 11) is 5.09. The van der Waals surface area contributed by atoms with Crippen LogP contribution in [0.15, 0.2) is 48.5 Å². The quantitative estimate of drug-likeness (QED) is 0.231. The minimum absolute atomic E-state index is 0.505. The van der Waals surface area contributed by atoms with Gasteiger partial charge in [-0.25, -0.2) is 0 Å². The van der Waals surface area contributed by atoms with Gasteiger partial charge >= 0.3 is 291 Å². The number of alkyl halides is 12. The summed E-state index contributed by atoms with van der Waals surface area (Å²) in [6.07, 6.45) is -24.8. The van der Waals surface area contributed by atoms with Gasteiger partial charge in [0.05, 0.1) is 0 Å². The number of hydrogen-bond acceptors (Lipinski definition) is 11. The molecule has 0 aromatic heterocycles. The van der Waals surface area contributed by atoms with Gasteiger partial charge in [0.25, 0.3) is 0 Å². The summed E-state index contributed by atoms with van der Waals surface area (Å²) in [5, 5.41) is 0. The number of nitrogens with zero attached hydrogens (tertiary/aromatic N) is 2. The van der Waals surface area contributed by atoms with E-state index >= 15 is 0 Å². The molecule has 0 amide bonds. The predicted molar refractivity (Wildman–Crippen MR) is 148 cm³/mol. The molecule has 0 radical (unpaired) electrons. The molecule has 11 nitrogen and oxygen atoms in total. The molecule has 51 heavy (non-hydrogen) atoms. The van der Waals surface area contributed by atoms with E-state index < -0.39 is 119 Å². The Labute approximate surface area is 290 Å². The van der Waals surface area contributed by atoms with Crippen LogP contribution in [0.3, 0.4) is 0 Å². The van der Waals surface area contributed by atoms with Gasteiger partial charge in [0.15, 0.2) is 0 Å². The molecule has 0 aliphatic carbocycles. The number of rotatable bonds is 12. The van der Waals surface area contributed by atoms with E-state index in [-0.39, 0.29) is 0 Å². The molecule has 0 unspecified atom stereocenters. The Morgan fingerprint density at radius 3 is 0.941 bits per heavy atom. The molecule has 2 aromatic rings. The second-order valence-corrected chi connectivity index (χ2v) is 26.8. The van der Waals surface area contributed by atoms with Crippen molar-refractivity contribution in [2.24, 2.45) is 0 Å². The van der Waals surface area contributed by atoms with Crippen molar-refractivity contribution >= 4 is 70.3 Å². The van der Waals surface area contributed by atoms with Gasteiger partial charge in [-0.15, -0.1) is 0 Å². The fourth-order valence-electron chi connectivity index (χ4n) is 3.95. The molecular weight excluding hydrogens is 950 g/mol. The summed E-state index contributed by atoms with van der Waals surface area (Å²) >= 11 is -16.6. The zero-order valence-electron chi connectivity index (χ0n) is 26.1. The van der Waals surface area contributed by atoms with Crippen LogP contribution in [0.4, 0.5) is 52.7 Å². The molecule has 0 atom stereocenters. The van der Waals surface area contributed by atoms with Crippen LogP contribution in [0.1, 0.15) is 11.1 Å². The van der Waals surface area contributed by atoms with E-state index in [4.69, 9.17) is 1.41 Å². The minimum atomic E-state index is -8.30. The Morgan fingerprint density at radius 2 is 0.725 bits per heavy atom. The van der Waals surface area contributed by atoms with Crippen molar-refractivity contribution in [2.75, 3.05) is 28.2 Å². The van der Waals surface area contributed by atoms with E-state index in [9.17, 15) is 71.9 Å². The molecule has 0 aliphatic rings. The zero-order chi connectivity index (χ0) is 39.4. The number of hydrogen-bond donors (Lipinski definition) is 0. The van der Waals surface area contributed by atoms with Gasteiger partial charge in [-0.1, -0.05) is 0 Å². The van der Waals surface area contributed by atoms with E-state index in [2.05, 4.69) is 12.3 Å². The van der Waals surface area contributed by atoms with Crippen molar-refractivity contribution in [3.05, 3.63) is 59.7 Å². The van der Waals surface area contributed by atoms with Crippen LogP contribution in [0, 0.1) is 0 Å². The van der Waals surface area contributed by atoms with Gasteiger partial charge in [0.2, 0.25) is 0 Å². The standard InChI is InChI=1S/2C9H12N.4C2HF3O2.O.2Sn/c2*1-10(2)8-9-6-4-3-5-7-9;4*3-2(4,5)1(6)7;;;/h2*3-6H,8H2,1-2H3;4*(H,6,7);;;/q;;;;;;;2*+2/p-4. The van der Waals surface area contributed by atoms with Crippen LogP contribution in [0.2, 0.25) is 0 Å². The van der Waals surface area contributed by atoms with E-state index in [1.165, 1.54) is 38.0 Å². The first-order chi connectivity index (χ1) is 23.0. The molecule has 0 N–H and O–H groups in total. The Kier molecular flexibility index (Phi) is 14.1. The third-order valence-electron chi connectivity index (χ3n) is 5.77. The second-order valence-electron chi connectivity index (χ2n) is 10.6. The topological polar surface area (TPSA) is 121 Å². The maximum atomic E-state index is 13.7. The summed E-state index contributed by atoms with van der Waals surface area (Å²) in [4.78, 5) is 52.0. The summed E-state index contributed by atoms with van der Waals surface area (Å²) in [6.45, 7) is -1.12. The molecule has 0 saturated heterocycles. The molecular formula is C26H24F12N2O9Sn2. The van der Waals surface area contributed by atoms with E-state index in [0.29, 0.717) is 12.1 Å². The molecule has 2 aromatic carbocycles. The maximum absolute atomic E-state index is 13.7. The fourth-order valence-corrected chi connectivity index (χ4v) is 30.7. The molecule has 0 saturated carbocycles. The molecule has 0 heterocycles.